The molecule has 1 unspecified atom stereocenters. The number of ether oxygens (including phenoxy) is 2. The Morgan fingerprint density at radius 1 is 1.54 bits per heavy atom. The minimum Gasteiger partial charge on any atom is -0.492 e. The third-order valence-corrected chi connectivity index (χ3v) is 4.39. The van der Waals surface area contributed by atoms with Gasteiger partial charge < -0.3 is 14.8 Å². The van der Waals surface area contributed by atoms with Crippen molar-refractivity contribution in [2.75, 3.05) is 11.9 Å². The van der Waals surface area contributed by atoms with Crippen molar-refractivity contribution < 1.29 is 14.3 Å². The van der Waals surface area contributed by atoms with Gasteiger partial charge in [-0.2, -0.15) is 0 Å². The molecule has 126 valence electrons. The van der Waals surface area contributed by atoms with Crippen LogP contribution in [0.4, 0.5) is 5.69 Å². The minimum atomic E-state index is -0.229. The summed E-state index contributed by atoms with van der Waals surface area (Å²) in [5.41, 5.74) is 2.51. The number of hydrogen-bond acceptors (Lipinski definition) is 5. The number of carbonyl (C=O) groups excluding carboxylic acids is 1. The number of nitrogens with one attached hydrogen (secondary N) is 1. The molecule has 5 nitrogen and oxygen atoms in total. The summed E-state index contributed by atoms with van der Waals surface area (Å²) in [7, 11) is 0. The molecule has 1 N–H and O–H groups in total. The molecule has 0 radical (unpaired) electrons. The topological polar surface area (TPSA) is 60.5 Å². The Kier molecular flexibility index (Phi) is 4.85. The molecule has 2 heterocycles. The number of anilines is 1. The first-order valence-corrected chi connectivity index (χ1v) is 8.80. The van der Waals surface area contributed by atoms with E-state index in [0.717, 1.165) is 28.4 Å². The molecular formula is C18H20N2O3S. The lowest BCUT2D eigenvalue weighted by molar-refractivity contribution is -0.111. The van der Waals surface area contributed by atoms with Crippen LogP contribution in [0.2, 0.25) is 0 Å². The molecule has 0 bridgehead atoms. The molecule has 1 amide bonds. The van der Waals surface area contributed by atoms with Gasteiger partial charge in [-0.25, -0.2) is 4.98 Å². The standard InChI is InChI=1S/C18H20N2O3S/c1-4-22-17-8-13-7-11(2)23-16(13)9-15(17)20-18(21)6-5-14-10-24-12(3)19-14/h5-6,8-11H,4,7H2,1-3H3,(H,20,21)/b6-5+. The zero-order valence-corrected chi connectivity index (χ0v) is 14.8. The Hall–Kier alpha value is -2.34. The lowest BCUT2D eigenvalue weighted by atomic mass is 10.1. The Balaban J connectivity index is 1.77. The molecular weight excluding hydrogens is 324 g/mol. The first-order chi connectivity index (χ1) is 11.5. The van der Waals surface area contributed by atoms with Gasteiger partial charge in [-0.15, -0.1) is 11.3 Å². The normalized spacial score (nSPS) is 16.0. The SMILES string of the molecule is CCOc1cc2c(cc1NC(=O)/C=C/c1csc(C)n1)OC(C)C2. The van der Waals surface area contributed by atoms with Crippen molar-refractivity contribution >= 4 is 29.0 Å². The first-order valence-electron chi connectivity index (χ1n) is 7.92. The summed E-state index contributed by atoms with van der Waals surface area (Å²) < 4.78 is 11.4. The zero-order chi connectivity index (χ0) is 17.1. The van der Waals surface area contributed by atoms with E-state index in [4.69, 9.17) is 9.47 Å². The molecule has 0 saturated heterocycles. The molecule has 1 aliphatic rings. The summed E-state index contributed by atoms with van der Waals surface area (Å²) in [5, 5.41) is 5.74. The van der Waals surface area contributed by atoms with E-state index in [2.05, 4.69) is 10.3 Å². The number of thiazole rings is 1. The third-order valence-electron chi connectivity index (χ3n) is 3.60. The van der Waals surface area contributed by atoms with E-state index in [1.807, 2.05) is 38.3 Å². The number of rotatable bonds is 5. The highest BCUT2D eigenvalue weighted by Gasteiger charge is 2.22. The molecule has 1 aromatic heterocycles. The Labute approximate surface area is 145 Å². The first kappa shape index (κ1) is 16.5. The molecule has 0 spiro atoms. The van der Waals surface area contributed by atoms with Crippen molar-refractivity contribution in [2.45, 2.75) is 33.3 Å². The molecule has 6 heteroatoms. The van der Waals surface area contributed by atoms with Crippen molar-refractivity contribution in [3.05, 3.63) is 39.9 Å². The van der Waals surface area contributed by atoms with Gasteiger partial charge in [0.1, 0.15) is 17.6 Å². The van der Waals surface area contributed by atoms with Crippen LogP contribution in [0.1, 0.15) is 30.1 Å². The lowest BCUT2D eigenvalue weighted by Gasteiger charge is -2.12. The highest BCUT2D eigenvalue weighted by Crippen LogP contribution is 2.38. The van der Waals surface area contributed by atoms with Crippen molar-refractivity contribution in [2.24, 2.45) is 0 Å². The van der Waals surface area contributed by atoms with E-state index in [1.54, 1.807) is 17.4 Å². The predicted octanol–water partition coefficient (Wildman–Crippen LogP) is 3.83. The summed E-state index contributed by atoms with van der Waals surface area (Å²) in [6.07, 6.45) is 4.17. The van der Waals surface area contributed by atoms with Gasteiger partial charge in [-0.3, -0.25) is 4.79 Å². The molecule has 24 heavy (non-hydrogen) atoms. The lowest BCUT2D eigenvalue weighted by Crippen LogP contribution is -2.10. The van der Waals surface area contributed by atoms with Crippen LogP contribution in [0, 0.1) is 6.92 Å². The fourth-order valence-corrected chi connectivity index (χ4v) is 3.18. The van der Waals surface area contributed by atoms with Crippen LogP contribution in [0.5, 0.6) is 11.5 Å². The summed E-state index contributed by atoms with van der Waals surface area (Å²) in [6.45, 7) is 6.41. The average molecular weight is 344 g/mol. The van der Waals surface area contributed by atoms with Gasteiger partial charge in [0.15, 0.2) is 0 Å². The second kappa shape index (κ2) is 7.05. The van der Waals surface area contributed by atoms with E-state index in [-0.39, 0.29) is 12.0 Å². The molecule has 0 saturated carbocycles. The highest BCUT2D eigenvalue weighted by atomic mass is 32.1. The van der Waals surface area contributed by atoms with Crippen LogP contribution in [0.3, 0.4) is 0 Å². The van der Waals surface area contributed by atoms with Gasteiger partial charge in [0, 0.05) is 29.5 Å². The van der Waals surface area contributed by atoms with Crippen LogP contribution in [0.25, 0.3) is 6.08 Å². The number of aryl methyl sites for hydroxylation is 1. The molecule has 0 aliphatic carbocycles. The van der Waals surface area contributed by atoms with Crippen LogP contribution < -0.4 is 14.8 Å². The van der Waals surface area contributed by atoms with Crippen molar-refractivity contribution in [1.29, 1.82) is 0 Å². The molecule has 1 atom stereocenters. The number of hydrogen-bond donors (Lipinski definition) is 1. The maximum atomic E-state index is 12.2. The van der Waals surface area contributed by atoms with Crippen molar-refractivity contribution in [1.82, 2.24) is 4.98 Å². The number of benzene rings is 1. The van der Waals surface area contributed by atoms with Gasteiger partial charge in [0.05, 0.1) is 23.0 Å². The Bertz CT molecular complexity index is 783. The maximum Gasteiger partial charge on any atom is 0.248 e. The molecule has 0 fully saturated rings. The van der Waals surface area contributed by atoms with Crippen molar-refractivity contribution in [3.63, 3.8) is 0 Å². The van der Waals surface area contributed by atoms with Gasteiger partial charge in [0.25, 0.3) is 0 Å². The molecule has 3 rings (SSSR count). The van der Waals surface area contributed by atoms with Crippen LogP contribution in [0.15, 0.2) is 23.6 Å². The number of fused-ring (bicyclic) bond motifs is 1. The zero-order valence-electron chi connectivity index (χ0n) is 14.0. The van der Waals surface area contributed by atoms with Crippen LogP contribution in [-0.4, -0.2) is 23.6 Å². The summed E-state index contributed by atoms with van der Waals surface area (Å²) >= 11 is 1.55. The smallest absolute Gasteiger partial charge is 0.248 e. The molecule has 1 aromatic carbocycles. The Morgan fingerprint density at radius 2 is 2.38 bits per heavy atom. The summed E-state index contributed by atoms with van der Waals surface area (Å²) in [6, 6.07) is 3.79. The minimum absolute atomic E-state index is 0.147. The van der Waals surface area contributed by atoms with E-state index < -0.39 is 0 Å². The fraction of sp³-hybridized carbons (Fsp3) is 0.333. The van der Waals surface area contributed by atoms with Gasteiger partial charge in [0.2, 0.25) is 5.91 Å². The summed E-state index contributed by atoms with van der Waals surface area (Å²) in [5.74, 6) is 1.24. The van der Waals surface area contributed by atoms with Gasteiger partial charge in [-0.1, -0.05) is 0 Å². The van der Waals surface area contributed by atoms with Crippen LogP contribution in [-0.2, 0) is 11.2 Å². The van der Waals surface area contributed by atoms with E-state index in [1.165, 1.54) is 6.08 Å². The monoisotopic (exact) mass is 344 g/mol. The largest absolute Gasteiger partial charge is 0.492 e. The van der Waals surface area contributed by atoms with E-state index >= 15 is 0 Å². The predicted molar refractivity (Wildman–Crippen MR) is 95.9 cm³/mol. The third kappa shape index (κ3) is 3.76. The quantitative estimate of drug-likeness (QED) is 0.838. The number of amides is 1. The van der Waals surface area contributed by atoms with Crippen LogP contribution >= 0.6 is 11.3 Å². The van der Waals surface area contributed by atoms with Gasteiger partial charge in [-0.05, 0) is 32.9 Å². The number of aromatic nitrogens is 1. The second-order valence-corrected chi connectivity index (χ2v) is 6.70. The number of nitrogens with zero attached hydrogens (tertiary/aromatic N) is 1. The average Bonchev–Trinajstić information content (AvgIpc) is 3.10. The summed E-state index contributed by atoms with van der Waals surface area (Å²) in [4.78, 5) is 16.5. The molecule has 1 aliphatic heterocycles. The van der Waals surface area contributed by atoms with E-state index in [9.17, 15) is 4.79 Å². The molecule has 2 aromatic rings. The fourth-order valence-electron chi connectivity index (χ4n) is 2.60. The van der Waals surface area contributed by atoms with Crippen molar-refractivity contribution in [3.8, 4) is 11.5 Å². The number of carbonyl (C=O) groups is 1. The second-order valence-electron chi connectivity index (χ2n) is 5.64. The highest BCUT2D eigenvalue weighted by molar-refractivity contribution is 7.09. The maximum absolute atomic E-state index is 12.2. The Morgan fingerprint density at radius 3 is 3.08 bits per heavy atom. The van der Waals surface area contributed by atoms with E-state index in [0.29, 0.717) is 18.0 Å². The van der Waals surface area contributed by atoms with Gasteiger partial charge >= 0.3 is 0 Å².